The van der Waals surface area contributed by atoms with Gasteiger partial charge >= 0.3 is 0 Å². The average Bonchev–Trinajstić information content (AvgIpc) is 2.72. The molecule has 30 heavy (non-hydrogen) atoms. The molecule has 0 aliphatic heterocycles. The van der Waals surface area contributed by atoms with E-state index < -0.39 is 15.9 Å². The minimum atomic E-state index is -3.93. The van der Waals surface area contributed by atoms with Crippen LogP contribution >= 0.6 is 0 Å². The fourth-order valence-electron chi connectivity index (χ4n) is 3.10. The first-order valence-corrected chi connectivity index (χ1v) is 11.0. The molecule has 0 spiro atoms. The number of hydrogen-bond acceptors (Lipinski definition) is 4. The molecule has 0 radical (unpaired) electrons. The normalized spacial score (nSPS) is 11.2. The van der Waals surface area contributed by atoms with Gasteiger partial charge in [-0.15, -0.1) is 0 Å². The summed E-state index contributed by atoms with van der Waals surface area (Å²) in [4.78, 5) is 17.0. The molecular formula is C23H25N3O3S. The lowest BCUT2D eigenvalue weighted by Gasteiger charge is -2.26. The zero-order chi connectivity index (χ0) is 21.7. The minimum absolute atomic E-state index is 0.144. The highest BCUT2D eigenvalue weighted by atomic mass is 32.2. The third kappa shape index (κ3) is 5.04. The van der Waals surface area contributed by atoms with Gasteiger partial charge < -0.3 is 5.32 Å². The number of benzene rings is 2. The zero-order valence-electron chi connectivity index (χ0n) is 17.3. The smallest absolute Gasteiger partial charge is 0.264 e. The van der Waals surface area contributed by atoms with Crippen LogP contribution in [-0.2, 0) is 21.4 Å². The number of nitrogens with one attached hydrogen (secondary N) is 1. The van der Waals surface area contributed by atoms with E-state index in [0.29, 0.717) is 11.4 Å². The minimum Gasteiger partial charge on any atom is -0.349 e. The Kier molecular flexibility index (Phi) is 6.52. The quantitative estimate of drug-likeness (QED) is 0.631. The van der Waals surface area contributed by atoms with Crippen LogP contribution in [0.5, 0.6) is 0 Å². The van der Waals surface area contributed by atoms with Crippen LogP contribution in [-0.4, -0.2) is 25.9 Å². The van der Waals surface area contributed by atoms with E-state index in [9.17, 15) is 13.2 Å². The van der Waals surface area contributed by atoms with Gasteiger partial charge in [0, 0.05) is 6.20 Å². The summed E-state index contributed by atoms with van der Waals surface area (Å²) < 4.78 is 28.0. The van der Waals surface area contributed by atoms with Crippen LogP contribution in [0, 0.1) is 20.8 Å². The van der Waals surface area contributed by atoms with Crippen LogP contribution in [0.1, 0.15) is 22.4 Å². The molecule has 0 aliphatic rings. The van der Waals surface area contributed by atoms with Gasteiger partial charge in [-0.2, -0.15) is 0 Å². The molecule has 3 rings (SSSR count). The molecule has 1 heterocycles. The average molecular weight is 424 g/mol. The second-order valence-electron chi connectivity index (χ2n) is 7.21. The van der Waals surface area contributed by atoms with Gasteiger partial charge in [0.1, 0.15) is 6.54 Å². The molecule has 1 aromatic heterocycles. The van der Waals surface area contributed by atoms with Gasteiger partial charge in [0.05, 0.1) is 22.8 Å². The van der Waals surface area contributed by atoms with Gasteiger partial charge in [-0.05, 0) is 56.7 Å². The number of sulfonamides is 1. The molecule has 7 heteroatoms. The first kappa shape index (κ1) is 21.5. The van der Waals surface area contributed by atoms with Crippen LogP contribution < -0.4 is 9.62 Å². The van der Waals surface area contributed by atoms with Crippen LogP contribution in [0.4, 0.5) is 5.69 Å². The third-order valence-corrected chi connectivity index (χ3v) is 6.48. The molecule has 1 N–H and O–H groups in total. The van der Waals surface area contributed by atoms with Crippen molar-refractivity contribution in [1.29, 1.82) is 0 Å². The molecule has 0 saturated heterocycles. The number of hydrogen-bond donors (Lipinski definition) is 1. The van der Waals surface area contributed by atoms with Gasteiger partial charge in [-0.1, -0.05) is 41.5 Å². The van der Waals surface area contributed by atoms with Gasteiger partial charge in [-0.25, -0.2) is 8.42 Å². The maximum absolute atomic E-state index is 13.4. The molecule has 6 nitrogen and oxygen atoms in total. The highest BCUT2D eigenvalue weighted by molar-refractivity contribution is 7.92. The Morgan fingerprint density at radius 3 is 2.30 bits per heavy atom. The Hall–Kier alpha value is -3.19. The van der Waals surface area contributed by atoms with Crippen molar-refractivity contribution in [2.45, 2.75) is 32.2 Å². The van der Waals surface area contributed by atoms with Crippen molar-refractivity contribution in [2.75, 3.05) is 10.8 Å². The molecule has 0 atom stereocenters. The van der Waals surface area contributed by atoms with Gasteiger partial charge in [0.15, 0.2) is 0 Å². The van der Waals surface area contributed by atoms with Crippen molar-refractivity contribution in [3.8, 4) is 0 Å². The second-order valence-corrected chi connectivity index (χ2v) is 9.07. The van der Waals surface area contributed by atoms with E-state index >= 15 is 0 Å². The lowest BCUT2D eigenvalue weighted by Crippen LogP contribution is -2.41. The summed E-state index contributed by atoms with van der Waals surface area (Å²) in [6.07, 6.45) is 1.64. The van der Waals surface area contributed by atoms with E-state index in [1.165, 1.54) is 4.31 Å². The zero-order valence-corrected chi connectivity index (χ0v) is 18.1. The number of aromatic nitrogens is 1. The van der Waals surface area contributed by atoms with E-state index in [0.717, 1.165) is 16.7 Å². The highest BCUT2D eigenvalue weighted by Gasteiger charge is 2.28. The summed E-state index contributed by atoms with van der Waals surface area (Å²) in [6, 6.07) is 17.5. The van der Waals surface area contributed by atoms with Crippen LogP contribution in [0.2, 0.25) is 0 Å². The van der Waals surface area contributed by atoms with Gasteiger partial charge in [-0.3, -0.25) is 14.1 Å². The van der Waals surface area contributed by atoms with E-state index in [-0.39, 0.29) is 18.0 Å². The fourth-order valence-corrected chi connectivity index (χ4v) is 4.59. The van der Waals surface area contributed by atoms with E-state index in [1.807, 2.05) is 39.0 Å². The lowest BCUT2D eigenvalue weighted by atomic mass is 10.1. The molecule has 0 fully saturated rings. The number of anilines is 1. The van der Waals surface area contributed by atoms with Crippen LogP contribution in [0.3, 0.4) is 0 Å². The summed E-state index contributed by atoms with van der Waals surface area (Å²) in [5.41, 5.74) is 3.94. The predicted molar refractivity (Wildman–Crippen MR) is 118 cm³/mol. The summed E-state index contributed by atoms with van der Waals surface area (Å²) in [5.74, 6) is -0.406. The number of pyridine rings is 1. The molecule has 0 saturated carbocycles. The number of nitrogens with zero attached hydrogens (tertiary/aromatic N) is 2. The van der Waals surface area contributed by atoms with E-state index in [1.54, 1.807) is 48.7 Å². The molecular weight excluding hydrogens is 398 g/mol. The molecule has 2 aromatic carbocycles. The number of amides is 1. The molecule has 3 aromatic rings. The maximum Gasteiger partial charge on any atom is 0.264 e. The van der Waals surface area contributed by atoms with Crippen molar-refractivity contribution in [1.82, 2.24) is 10.3 Å². The molecule has 0 aliphatic carbocycles. The number of rotatable bonds is 7. The molecule has 0 bridgehead atoms. The summed E-state index contributed by atoms with van der Waals surface area (Å²) in [6.45, 7) is 5.57. The number of carbonyl (C=O) groups is 1. The van der Waals surface area contributed by atoms with E-state index in [4.69, 9.17) is 0 Å². The predicted octanol–water partition coefficient (Wildman–Crippen LogP) is 3.52. The van der Waals surface area contributed by atoms with Crippen molar-refractivity contribution >= 4 is 21.6 Å². The largest absolute Gasteiger partial charge is 0.349 e. The number of carbonyl (C=O) groups excluding carboxylic acids is 1. The maximum atomic E-state index is 13.4. The Bertz CT molecular complexity index is 1130. The van der Waals surface area contributed by atoms with Crippen LogP contribution in [0.15, 0.2) is 71.8 Å². The van der Waals surface area contributed by atoms with Gasteiger partial charge in [0.2, 0.25) is 5.91 Å². The SMILES string of the molecule is Cc1ccc(S(=O)(=O)N(CC(=O)NCc2ccccn2)c2ccc(C)cc2C)cc1. The lowest BCUT2D eigenvalue weighted by molar-refractivity contribution is -0.119. The standard InChI is InChI=1S/C23H25N3O3S/c1-17-7-10-21(11-8-17)30(28,29)26(22-12-9-18(2)14-19(22)3)16-23(27)25-15-20-6-4-5-13-24-20/h4-14H,15-16H2,1-3H3,(H,25,27). The molecule has 156 valence electrons. The van der Waals surface area contributed by atoms with Crippen molar-refractivity contribution < 1.29 is 13.2 Å². The fraction of sp³-hybridized carbons (Fsp3) is 0.217. The topological polar surface area (TPSA) is 79.4 Å². The summed E-state index contributed by atoms with van der Waals surface area (Å²) in [5, 5.41) is 2.76. The van der Waals surface area contributed by atoms with E-state index in [2.05, 4.69) is 10.3 Å². The molecule has 0 unspecified atom stereocenters. The second kappa shape index (κ2) is 9.09. The first-order valence-electron chi connectivity index (χ1n) is 9.60. The van der Waals surface area contributed by atoms with Crippen molar-refractivity contribution in [3.63, 3.8) is 0 Å². The Labute approximate surface area is 177 Å². The van der Waals surface area contributed by atoms with Gasteiger partial charge in [0.25, 0.3) is 10.0 Å². The monoisotopic (exact) mass is 423 g/mol. The van der Waals surface area contributed by atoms with Crippen molar-refractivity contribution in [2.24, 2.45) is 0 Å². The Morgan fingerprint density at radius 2 is 1.67 bits per heavy atom. The van der Waals surface area contributed by atoms with Crippen molar-refractivity contribution in [3.05, 3.63) is 89.2 Å². The first-order chi connectivity index (χ1) is 14.3. The number of aryl methyl sites for hydroxylation is 3. The molecule has 1 amide bonds. The van der Waals surface area contributed by atoms with Crippen LogP contribution in [0.25, 0.3) is 0 Å². The Balaban J connectivity index is 1.91. The third-order valence-electron chi connectivity index (χ3n) is 4.71. The summed E-state index contributed by atoms with van der Waals surface area (Å²) in [7, 11) is -3.93. The Morgan fingerprint density at radius 1 is 0.967 bits per heavy atom. The highest BCUT2D eigenvalue weighted by Crippen LogP contribution is 2.27. The summed E-state index contributed by atoms with van der Waals surface area (Å²) >= 11 is 0.